The second kappa shape index (κ2) is 3.98. The number of H-pyrrole nitrogens is 1. The number of aryl methyl sites for hydroxylation is 1. The molecule has 4 heteroatoms. The summed E-state index contributed by atoms with van der Waals surface area (Å²) in [5.74, 6) is 0.909. The van der Waals surface area contributed by atoms with Crippen LogP contribution >= 0.6 is 24.0 Å². The zero-order valence-corrected chi connectivity index (χ0v) is 12.2. The standard InChI is InChI=1S/C14H11N3.HI/c1-9-6-7-11-13(8-9)17-12-5-3-2-4-10(12)15-14(17)16-11;/h2-8H,1H3,(H,15,16);1H. The molecule has 3 nitrogen and oxygen atoms in total. The molecule has 0 fully saturated rings. The Balaban J connectivity index is 0.000001000. The first kappa shape index (κ1) is 11.5. The summed E-state index contributed by atoms with van der Waals surface area (Å²) in [7, 11) is 0. The third-order valence-corrected chi connectivity index (χ3v) is 3.20. The molecule has 0 saturated carbocycles. The summed E-state index contributed by atoms with van der Waals surface area (Å²) in [5, 5.41) is 0. The van der Waals surface area contributed by atoms with Gasteiger partial charge >= 0.3 is 0 Å². The van der Waals surface area contributed by atoms with Gasteiger partial charge < -0.3 is 4.98 Å². The van der Waals surface area contributed by atoms with Crippen LogP contribution in [-0.4, -0.2) is 14.4 Å². The van der Waals surface area contributed by atoms with Gasteiger partial charge in [0.05, 0.1) is 22.1 Å². The third kappa shape index (κ3) is 1.45. The van der Waals surface area contributed by atoms with E-state index >= 15 is 0 Å². The fraction of sp³-hybridized carbons (Fsp3) is 0.0714. The Morgan fingerprint density at radius 1 is 1.06 bits per heavy atom. The van der Waals surface area contributed by atoms with Crippen LogP contribution in [0.5, 0.6) is 0 Å². The molecule has 0 unspecified atom stereocenters. The number of nitrogens with one attached hydrogen (secondary N) is 1. The molecule has 2 heterocycles. The summed E-state index contributed by atoms with van der Waals surface area (Å²) in [6.45, 7) is 2.10. The van der Waals surface area contributed by atoms with Crippen molar-refractivity contribution in [3.8, 4) is 0 Å². The van der Waals surface area contributed by atoms with Crippen LogP contribution in [0.2, 0.25) is 0 Å². The van der Waals surface area contributed by atoms with E-state index in [1.807, 2.05) is 6.07 Å². The van der Waals surface area contributed by atoms with Gasteiger partial charge in [0.1, 0.15) is 0 Å². The van der Waals surface area contributed by atoms with Crippen LogP contribution in [0, 0.1) is 6.92 Å². The molecule has 0 aliphatic carbocycles. The molecular weight excluding hydrogens is 337 g/mol. The van der Waals surface area contributed by atoms with E-state index in [1.165, 1.54) is 11.1 Å². The Morgan fingerprint density at radius 2 is 1.89 bits per heavy atom. The lowest BCUT2D eigenvalue weighted by molar-refractivity contribution is 1.28. The largest absolute Gasteiger partial charge is 0.323 e. The first-order valence-corrected chi connectivity index (χ1v) is 5.68. The summed E-state index contributed by atoms with van der Waals surface area (Å²) in [5.41, 5.74) is 5.75. The van der Waals surface area contributed by atoms with Crippen molar-refractivity contribution in [3.05, 3.63) is 48.0 Å². The molecule has 4 aromatic rings. The summed E-state index contributed by atoms with van der Waals surface area (Å²) in [6, 6.07) is 14.6. The van der Waals surface area contributed by atoms with Crippen molar-refractivity contribution in [3.63, 3.8) is 0 Å². The molecule has 18 heavy (non-hydrogen) atoms. The Morgan fingerprint density at radius 3 is 2.78 bits per heavy atom. The summed E-state index contributed by atoms with van der Waals surface area (Å²) in [6.07, 6.45) is 0. The van der Waals surface area contributed by atoms with E-state index < -0.39 is 0 Å². The van der Waals surface area contributed by atoms with Crippen LogP contribution in [0.4, 0.5) is 0 Å². The highest BCUT2D eigenvalue weighted by Crippen LogP contribution is 2.23. The van der Waals surface area contributed by atoms with E-state index in [4.69, 9.17) is 0 Å². The Kier molecular flexibility index (Phi) is 2.55. The quantitative estimate of drug-likeness (QED) is 0.480. The second-order valence-electron chi connectivity index (χ2n) is 4.41. The van der Waals surface area contributed by atoms with E-state index in [-0.39, 0.29) is 24.0 Å². The van der Waals surface area contributed by atoms with Gasteiger partial charge in [-0.1, -0.05) is 18.2 Å². The average Bonchev–Trinajstić information content (AvgIpc) is 2.84. The van der Waals surface area contributed by atoms with Crippen molar-refractivity contribution >= 4 is 51.8 Å². The molecule has 2 aromatic carbocycles. The van der Waals surface area contributed by atoms with Gasteiger partial charge in [-0.2, -0.15) is 0 Å². The number of imidazole rings is 2. The van der Waals surface area contributed by atoms with Crippen molar-refractivity contribution in [2.75, 3.05) is 0 Å². The van der Waals surface area contributed by atoms with E-state index in [0.29, 0.717) is 0 Å². The predicted molar refractivity (Wildman–Crippen MR) is 84.7 cm³/mol. The molecule has 90 valence electrons. The molecule has 0 bridgehead atoms. The van der Waals surface area contributed by atoms with Crippen LogP contribution in [0.15, 0.2) is 42.5 Å². The minimum absolute atomic E-state index is 0. The number of rotatable bonds is 0. The lowest BCUT2D eigenvalue weighted by Crippen LogP contribution is -1.80. The molecule has 0 saturated heterocycles. The summed E-state index contributed by atoms with van der Waals surface area (Å²) < 4.78 is 2.18. The van der Waals surface area contributed by atoms with Crippen LogP contribution in [0.25, 0.3) is 27.8 Å². The number of aromatic amines is 1. The monoisotopic (exact) mass is 349 g/mol. The van der Waals surface area contributed by atoms with Crippen LogP contribution in [0.3, 0.4) is 0 Å². The Labute approximate surface area is 121 Å². The number of para-hydroxylation sites is 2. The van der Waals surface area contributed by atoms with Gasteiger partial charge in [-0.05, 0) is 36.8 Å². The molecular formula is C14H12IN3. The number of hydrogen-bond donors (Lipinski definition) is 1. The first-order chi connectivity index (χ1) is 8.33. The molecule has 0 aliphatic rings. The van der Waals surface area contributed by atoms with Gasteiger partial charge in [-0.25, -0.2) is 4.98 Å². The maximum absolute atomic E-state index is 4.60. The highest BCUT2D eigenvalue weighted by molar-refractivity contribution is 14.0. The number of hydrogen-bond acceptors (Lipinski definition) is 1. The third-order valence-electron chi connectivity index (χ3n) is 3.20. The Hall–Kier alpha value is -1.56. The van der Waals surface area contributed by atoms with Crippen molar-refractivity contribution < 1.29 is 0 Å². The number of fused-ring (bicyclic) bond motifs is 5. The topological polar surface area (TPSA) is 33.1 Å². The van der Waals surface area contributed by atoms with Crippen molar-refractivity contribution in [1.29, 1.82) is 0 Å². The average molecular weight is 349 g/mol. The molecule has 0 atom stereocenters. The van der Waals surface area contributed by atoms with Crippen LogP contribution in [0.1, 0.15) is 5.56 Å². The lowest BCUT2D eigenvalue weighted by Gasteiger charge is -1.95. The fourth-order valence-electron chi connectivity index (χ4n) is 2.41. The van der Waals surface area contributed by atoms with Crippen molar-refractivity contribution in [1.82, 2.24) is 14.4 Å². The maximum Gasteiger partial charge on any atom is 0.213 e. The van der Waals surface area contributed by atoms with E-state index in [2.05, 4.69) is 57.7 Å². The highest BCUT2D eigenvalue weighted by Gasteiger charge is 2.09. The minimum Gasteiger partial charge on any atom is -0.323 e. The number of halogens is 1. The zero-order valence-electron chi connectivity index (χ0n) is 9.84. The van der Waals surface area contributed by atoms with Gasteiger partial charge in [-0.3, -0.25) is 4.40 Å². The van der Waals surface area contributed by atoms with Gasteiger partial charge in [0.2, 0.25) is 5.78 Å². The number of aromatic nitrogens is 3. The molecule has 1 N–H and O–H groups in total. The molecule has 0 aliphatic heterocycles. The predicted octanol–water partition coefficient (Wildman–Crippen LogP) is 3.90. The normalized spacial score (nSPS) is 11.2. The van der Waals surface area contributed by atoms with E-state index in [1.54, 1.807) is 0 Å². The first-order valence-electron chi connectivity index (χ1n) is 5.68. The van der Waals surface area contributed by atoms with E-state index in [0.717, 1.165) is 22.3 Å². The van der Waals surface area contributed by atoms with Gasteiger partial charge in [0.15, 0.2) is 0 Å². The Bertz CT molecular complexity index is 857. The summed E-state index contributed by atoms with van der Waals surface area (Å²) in [4.78, 5) is 7.94. The molecule has 0 radical (unpaired) electrons. The number of nitrogens with zero attached hydrogens (tertiary/aromatic N) is 2. The summed E-state index contributed by atoms with van der Waals surface area (Å²) >= 11 is 0. The minimum atomic E-state index is 0. The SMILES string of the molecule is Cc1ccc2nc3[nH]c4ccccc4n3c2c1.I. The molecule has 4 rings (SSSR count). The second-order valence-corrected chi connectivity index (χ2v) is 4.41. The highest BCUT2D eigenvalue weighted by atomic mass is 127. The fourth-order valence-corrected chi connectivity index (χ4v) is 2.41. The molecule has 0 amide bonds. The van der Waals surface area contributed by atoms with Gasteiger partial charge in [0, 0.05) is 0 Å². The smallest absolute Gasteiger partial charge is 0.213 e. The van der Waals surface area contributed by atoms with E-state index in [9.17, 15) is 0 Å². The zero-order chi connectivity index (χ0) is 11.4. The molecule has 2 aromatic heterocycles. The van der Waals surface area contributed by atoms with Crippen LogP contribution < -0.4 is 0 Å². The maximum atomic E-state index is 4.60. The van der Waals surface area contributed by atoms with Crippen molar-refractivity contribution in [2.24, 2.45) is 0 Å². The van der Waals surface area contributed by atoms with Gasteiger partial charge in [-0.15, -0.1) is 24.0 Å². The lowest BCUT2D eigenvalue weighted by atomic mass is 10.2. The molecule has 0 spiro atoms. The van der Waals surface area contributed by atoms with Crippen molar-refractivity contribution in [2.45, 2.75) is 6.92 Å². The van der Waals surface area contributed by atoms with Crippen LogP contribution in [-0.2, 0) is 0 Å². The van der Waals surface area contributed by atoms with Gasteiger partial charge in [0.25, 0.3) is 0 Å². The number of benzene rings is 2.